The summed E-state index contributed by atoms with van der Waals surface area (Å²) >= 11 is 0. The molecule has 1 aliphatic heterocycles. The topological polar surface area (TPSA) is 66.6 Å². The first-order chi connectivity index (χ1) is 6.09. The lowest BCUT2D eigenvalue weighted by atomic mass is 10.3. The second-order valence-electron chi connectivity index (χ2n) is 3.19. The number of urea groups is 1. The molecule has 0 aromatic rings. The van der Waals surface area contributed by atoms with Crippen molar-refractivity contribution in [3.63, 3.8) is 0 Å². The van der Waals surface area contributed by atoms with Crippen LogP contribution in [0.1, 0.15) is 13.3 Å². The minimum absolute atomic E-state index is 0.137. The van der Waals surface area contributed by atoms with E-state index in [1.54, 1.807) is 11.8 Å². The molecule has 0 spiro atoms. The van der Waals surface area contributed by atoms with Gasteiger partial charge in [-0.15, -0.1) is 0 Å². The van der Waals surface area contributed by atoms with Gasteiger partial charge in [-0.3, -0.25) is 9.69 Å². The van der Waals surface area contributed by atoms with E-state index in [1.807, 2.05) is 0 Å². The zero-order chi connectivity index (χ0) is 10.0. The molecule has 1 saturated heterocycles. The minimum Gasteiger partial charge on any atom is -0.330 e. The van der Waals surface area contributed by atoms with Gasteiger partial charge in [0.1, 0.15) is 6.04 Å². The Bertz CT molecular complexity index is 229. The number of imide groups is 1. The number of carbonyl (C=O) groups is 2. The summed E-state index contributed by atoms with van der Waals surface area (Å²) in [6.45, 7) is 2.83. The van der Waals surface area contributed by atoms with Gasteiger partial charge in [0.2, 0.25) is 0 Å². The first-order valence-corrected chi connectivity index (χ1v) is 4.37. The predicted molar refractivity (Wildman–Crippen MR) is 48.0 cm³/mol. The van der Waals surface area contributed by atoms with E-state index in [0.717, 1.165) is 11.3 Å². The fraction of sp³-hybridized carbons (Fsp3) is 0.750. The number of nitrogens with zero attached hydrogens (tertiary/aromatic N) is 2. The number of rotatable bonds is 3. The zero-order valence-electron chi connectivity index (χ0n) is 7.99. The summed E-state index contributed by atoms with van der Waals surface area (Å²) in [5, 5.41) is 0. The van der Waals surface area contributed by atoms with Gasteiger partial charge in [-0.25, -0.2) is 4.79 Å². The van der Waals surface area contributed by atoms with E-state index in [9.17, 15) is 9.59 Å². The standard InChI is InChI=1S/C8H15N3O2/c1-6-7(12)10(2)8(13)11(6)5-3-4-9/h6H,3-5,9H2,1-2H3. The van der Waals surface area contributed by atoms with Crippen molar-refractivity contribution >= 4 is 11.9 Å². The van der Waals surface area contributed by atoms with Crippen molar-refractivity contribution in [2.75, 3.05) is 20.1 Å². The van der Waals surface area contributed by atoms with E-state index < -0.39 is 0 Å². The summed E-state index contributed by atoms with van der Waals surface area (Å²) in [7, 11) is 1.50. The van der Waals surface area contributed by atoms with E-state index >= 15 is 0 Å². The van der Waals surface area contributed by atoms with Crippen LogP contribution in [-0.2, 0) is 4.79 Å². The van der Waals surface area contributed by atoms with Crippen LogP contribution in [0.5, 0.6) is 0 Å². The van der Waals surface area contributed by atoms with Gasteiger partial charge >= 0.3 is 6.03 Å². The minimum atomic E-state index is -0.330. The molecule has 1 heterocycles. The number of hydrogen-bond donors (Lipinski definition) is 1. The first kappa shape index (κ1) is 9.98. The summed E-state index contributed by atoms with van der Waals surface area (Å²) in [6.07, 6.45) is 0.733. The molecular formula is C8H15N3O2. The molecule has 1 fully saturated rings. The van der Waals surface area contributed by atoms with E-state index in [2.05, 4.69) is 0 Å². The third kappa shape index (κ3) is 1.65. The quantitative estimate of drug-likeness (QED) is 0.609. The summed E-state index contributed by atoms with van der Waals surface area (Å²) < 4.78 is 0. The van der Waals surface area contributed by atoms with Crippen molar-refractivity contribution in [3.05, 3.63) is 0 Å². The fourth-order valence-electron chi connectivity index (χ4n) is 1.42. The molecule has 5 nitrogen and oxygen atoms in total. The SMILES string of the molecule is CC1C(=O)N(C)C(=O)N1CCCN. The van der Waals surface area contributed by atoms with Crippen LogP contribution in [0.15, 0.2) is 0 Å². The molecule has 3 amide bonds. The molecule has 1 atom stereocenters. The van der Waals surface area contributed by atoms with Gasteiger partial charge in [0.25, 0.3) is 5.91 Å². The first-order valence-electron chi connectivity index (χ1n) is 4.37. The van der Waals surface area contributed by atoms with E-state index in [1.165, 1.54) is 7.05 Å². The van der Waals surface area contributed by atoms with Crippen LogP contribution < -0.4 is 5.73 Å². The highest BCUT2D eigenvalue weighted by Gasteiger charge is 2.39. The molecule has 0 radical (unpaired) electrons. The molecule has 0 bridgehead atoms. The molecule has 1 aliphatic rings. The summed E-state index contributed by atoms with van der Waals surface area (Å²) in [5.74, 6) is -0.137. The van der Waals surface area contributed by atoms with Gasteiger partial charge in [-0.2, -0.15) is 0 Å². The van der Waals surface area contributed by atoms with Crippen molar-refractivity contribution in [3.8, 4) is 0 Å². The lowest BCUT2D eigenvalue weighted by Gasteiger charge is -2.17. The van der Waals surface area contributed by atoms with Crippen molar-refractivity contribution in [2.24, 2.45) is 5.73 Å². The molecule has 0 aliphatic carbocycles. The van der Waals surface area contributed by atoms with Crippen molar-refractivity contribution in [1.82, 2.24) is 9.80 Å². The molecule has 2 N–H and O–H groups in total. The highest BCUT2D eigenvalue weighted by Crippen LogP contribution is 2.15. The second-order valence-corrected chi connectivity index (χ2v) is 3.19. The summed E-state index contributed by atoms with van der Waals surface area (Å²) in [5.41, 5.74) is 5.33. The van der Waals surface area contributed by atoms with Gasteiger partial charge in [-0.1, -0.05) is 0 Å². The highest BCUT2D eigenvalue weighted by molar-refractivity contribution is 6.03. The Kier molecular flexibility index (Phi) is 2.87. The van der Waals surface area contributed by atoms with Crippen LogP contribution in [0, 0.1) is 0 Å². The molecule has 1 rings (SSSR count). The van der Waals surface area contributed by atoms with E-state index in [0.29, 0.717) is 13.1 Å². The number of carbonyl (C=O) groups excluding carboxylic acids is 2. The van der Waals surface area contributed by atoms with Gasteiger partial charge < -0.3 is 10.6 Å². The fourth-order valence-corrected chi connectivity index (χ4v) is 1.42. The Morgan fingerprint density at radius 2 is 2.08 bits per heavy atom. The molecule has 1 unspecified atom stereocenters. The second kappa shape index (κ2) is 3.74. The van der Waals surface area contributed by atoms with Gasteiger partial charge in [-0.05, 0) is 19.9 Å². The maximum Gasteiger partial charge on any atom is 0.327 e. The van der Waals surface area contributed by atoms with Crippen LogP contribution in [0.25, 0.3) is 0 Å². The Morgan fingerprint density at radius 1 is 1.46 bits per heavy atom. The van der Waals surface area contributed by atoms with E-state index in [4.69, 9.17) is 5.73 Å². The van der Waals surface area contributed by atoms with Crippen molar-refractivity contribution in [1.29, 1.82) is 0 Å². The lowest BCUT2D eigenvalue weighted by molar-refractivity contribution is -0.127. The van der Waals surface area contributed by atoms with E-state index in [-0.39, 0.29) is 18.0 Å². The largest absolute Gasteiger partial charge is 0.330 e. The number of amides is 3. The Morgan fingerprint density at radius 3 is 2.46 bits per heavy atom. The molecule has 13 heavy (non-hydrogen) atoms. The number of nitrogens with two attached hydrogens (primary N) is 1. The van der Waals surface area contributed by atoms with Crippen LogP contribution >= 0.6 is 0 Å². The maximum atomic E-state index is 11.4. The summed E-state index contributed by atoms with van der Waals surface area (Å²) in [6, 6.07) is -0.546. The molecule has 74 valence electrons. The molecule has 5 heteroatoms. The smallest absolute Gasteiger partial charge is 0.327 e. The molecule has 0 saturated carbocycles. The average Bonchev–Trinajstić information content (AvgIpc) is 2.30. The normalized spacial score (nSPS) is 23.2. The highest BCUT2D eigenvalue weighted by atomic mass is 16.2. The van der Waals surface area contributed by atoms with Crippen LogP contribution in [0.3, 0.4) is 0 Å². The van der Waals surface area contributed by atoms with Crippen LogP contribution in [-0.4, -0.2) is 47.9 Å². The number of likely N-dealkylation sites (N-methyl/N-ethyl adjacent to an activating group) is 1. The molecule has 0 aromatic carbocycles. The van der Waals surface area contributed by atoms with Crippen LogP contribution in [0.4, 0.5) is 4.79 Å². The third-order valence-corrected chi connectivity index (χ3v) is 2.29. The molecule has 0 aromatic heterocycles. The van der Waals surface area contributed by atoms with Crippen molar-refractivity contribution < 1.29 is 9.59 Å². The Hall–Kier alpha value is -1.10. The van der Waals surface area contributed by atoms with Crippen LogP contribution in [0.2, 0.25) is 0 Å². The number of hydrogen-bond acceptors (Lipinski definition) is 3. The van der Waals surface area contributed by atoms with Gasteiger partial charge in [0.15, 0.2) is 0 Å². The van der Waals surface area contributed by atoms with Crippen molar-refractivity contribution in [2.45, 2.75) is 19.4 Å². The third-order valence-electron chi connectivity index (χ3n) is 2.29. The summed E-state index contributed by atoms with van der Waals surface area (Å²) in [4.78, 5) is 25.4. The molecular weight excluding hydrogens is 170 g/mol. The van der Waals surface area contributed by atoms with Gasteiger partial charge in [0.05, 0.1) is 0 Å². The lowest BCUT2D eigenvalue weighted by Crippen LogP contribution is -2.34. The predicted octanol–water partition coefficient (Wildman–Crippen LogP) is -0.382. The average molecular weight is 185 g/mol. The Balaban J connectivity index is 2.64. The monoisotopic (exact) mass is 185 g/mol. The van der Waals surface area contributed by atoms with Gasteiger partial charge in [0, 0.05) is 13.6 Å². The maximum absolute atomic E-state index is 11.4. The Labute approximate surface area is 77.5 Å². The zero-order valence-corrected chi connectivity index (χ0v) is 7.99.